The molecule has 2 rings (SSSR count). The second kappa shape index (κ2) is 7.84. The Labute approximate surface area is 147 Å². The first-order chi connectivity index (χ1) is 10.9. The summed E-state index contributed by atoms with van der Waals surface area (Å²) in [5.74, 6) is 0.478. The highest BCUT2D eigenvalue weighted by molar-refractivity contribution is 7.81. The smallest absolute Gasteiger partial charge is 0.227 e. The lowest BCUT2D eigenvalue weighted by Gasteiger charge is -2.19. The second-order valence-corrected chi connectivity index (χ2v) is 6.99. The average Bonchev–Trinajstić information content (AvgIpc) is 2.88. The molecule has 1 atom stereocenters. The standard InChI is InChI=1S/C16H21ClN4OS/c1-11(2)7-13(23)8-15(22)20(3)14-10-21(19-16(14)17)12-5-4-6-18-9-12/h4-6,9-11,13,23H,7-8H2,1-3H3. The molecular weight excluding hydrogens is 332 g/mol. The van der Waals surface area contributed by atoms with Gasteiger partial charge in [0.05, 0.1) is 18.1 Å². The predicted molar refractivity (Wildman–Crippen MR) is 96.6 cm³/mol. The van der Waals surface area contributed by atoms with Crippen LogP contribution in [0.2, 0.25) is 5.15 Å². The van der Waals surface area contributed by atoms with Gasteiger partial charge in [-0.2, -0.15) is 17.7 Å². The predicted octanol–water partition coefficient (Wildman–Crippen LogP) is 3.62. The van der Waals surface area contributed by atoms with E-state index in [9.17, 15) is 4.79 Å². The van der Waals surface area contributed by atoms with Gasteiger partial charge in [-0.05, 0) is 24.5 Å². The monoisotopic (exact) mass is 352 g/mol. The number of thiol groups is 1. The molecule has 23 heavy (non-hydrogen) atoms. The van der Waals surface area contributed by atoms with Crippen LogP contribution in [-0.2, 0) is 4.79 Å². The van der Waals surface area contributed by atoms with Gasteiger partial charge in [0.2, 0.25) is 5.91 Å². The maximum absolute atomic E-state index is 12.4. The number of hydrogen-bond donors (Lipinski definition) is 1. The van der Waals surface area contributed by atoms with Crippen LogP contribution >= 0.6 is 24.2 Å². The van der Waals surface area contributed by atoms with Gasteiger partial charge in [-0.15, -0.1) is 0 Å². The van der Waals surface area contributed by atoms with Crippen molar-refractivity contribution in [2.45, 2.75) is 31.9 Å². The van der Waals surface area contributed by atoms with Crippen LogP contribution < -0.4 is 4.90 Å². The molecule has 0 N–H and O–H groups in total. The molecule has 0 aliphatic heterocycles. The van der Waals surface area contributed by atoms with Crippen molar-refractivity contribution >= 4 is 35.8 Å². The molecular formula is C16H21ClN4OS. The largest absolute Gasteiger partial charge is 0.311 e. The normalized spacial score (nSPS) is 12.4. The van der Waals surface area contributed by atoms with Crippen molar-refractivity contribution < 1.29 is 4.79 Å². The Kier molecular flexibility index (Phi) is 6.07. The number of rotatable bonds is 6. The Morgan fingerprint density at radius 1 is 1.48 bits per heavy atom. The van der Waals surface area contributed by atoms with Gasteiger partial charge in [-0.3, -0.25) is 9.78 Å². The molecule has 2 aromatic rings. The summed E-state index contributed by atoms with van der Waals surface area (Å²) in [5.41, 5.74) is 1.36. The molecule has 7 heteroatoms. The van der Waals surface area contributed by atoms with Gasteiger partial charge in [0.1, 0.15) is 5.69 Å². The number of pyridine rings is 1. The van der Waals surface area contributed by atoms with E-state index in [-0.39, 0.29) is 16.3 Å². The number of nitrogens with zero attached hydrogens (tertiary/aromatic N) is 4. The van der Waals surface area contributed by atoms with Crippen LogP contribution in [0, 0.1) is 5.92 Å². The summed E-state index contributed by atoms with van der Waals surface area (Å²) in [6.07, 6.45) is 6.36. The molecule has 1 amide bonds. The van der Waals surface area contributed by atoms with Crippen LogP contribution in [0.15, 0.2) is 30.7 Å². The van der Waals surface area contributed by atoms with E-state index in [2.05, 4.69) is 36.6 Å². The van der Waals surface area contributed by atoms with Crippen molar-refractivity contribution in [2.75, 3.05) is 11.9 Å². The Bertz CT molecular complexity index is 659. The minimum absolute atomic E-state index is 0.0294. The molecule has 124 valence electrons. The summed E-state index contributed by atoms with van der Waals surface area (Å²) in [4.78, 5) is 18.0. The zero-order chi connectivity index (χ0) is 17.0. The number of carbonyl (C=O) groups excluding carboxylic acids is 1. The first-order valence-corrected chi connectivity index (χ1v) is 8.38. The van der Waals surface area contributed by atoms with Gasteiger partial charge in [-0.1, -0.05) is 25.4 Å². The van der Waals surface area contributed by atoms with Crippen LogP contribution in [0.5, 0.6) is 0 Å². The number of carbonyl (C=O) groups is 1. The van der Waals surface area contributed by atoms with Crippen LogP contribution in [0.1, 0.15) is 26.7 Å². The zero-order valence-corrected chi connectivity index (χ0v) is 15.1. The third-order valence-corrected chi connectivity index (χ3v) is 4.11. The van der Waals surface area contributed by atoms with Crippen molar-refractivity contribution in [3.8, 4) is 5.69 Å². The molecule has 0 aromatic carbocycles. The lowest BCUT2D eigenvalue weighted by molar-refractivity contribution is -0.118. The van der Waals surface area contributed by atoms with Gasteiger partial charge < -0.3 is 4.90 Å². The molecule has 2 aromatic heterocycles. The fraction of sp³-hybridized carbons (Fsp3) is 0.438. The number of hydrogen-bond acceptors (Lipinski definition) is 4. The maximum atomic E-state index is 12.4. The van der Waals surface area contributed by atoms with E-state index in [4.69, 9.17) is 11.6 Å². The van der Waals surface area contributed by atoms with Crippen LogP contribution in [0.3, 0.4) is 0 Å². The number of amides is 1. The first-order valence-electron chi connectivity index (χ1n) is 7.48. The van der Waals surface area contributed by atoms with Gasteiger partial charge in [-0.25, -0.2) is 4.68 Å². The molecule has 5 nitrogen and oxygen atoms in total. The molecule has 0 saturated heterocycles. The first kappa shape index (κ1) is 17.8. The van der Waals surface area contributed by atoms with E-state index >= 15 is 0 Å². The SMILES string of the molecule is CC(C)CC(S)CC(=O)N(C)c1cn(-c2cccnc2)nc1Cl. The lowest BCUT2D eigenvalue weighted by atomic mass is 10.1. The zero-order valence-electron chi connectivity index (χ0n) is 13.5. The van der Waals surface area contributed by atoms with E-state index in [1.807, 2.05) is 12.1 Å². The second-order valence-electron chi connectivity index (χ2n) is 5.90. The summed E-state index contributed by atoms with van der Waals surface area (Å²) in [6, 6.07) is 3.69. The summed E-state index contributed by atoms with van der Waals surface area (Å²) in [7, 11) is 1.70. The van der Waals surface area contributed by atoms with Crippen LogP contribution in [0.25, 0.3) is 5.69 Å². The van der Waals surface area contributed by atoms with E-state index in [0.29, 0.717) is 18.0 Å². The Morgan fingerprint density at radius 3 is 2.83 bits per heavy atom. The Morgan fingerprint density at radius 2 is 2.22 bits per heavy atom. The Hall–Kier alpha value is -1.53. The van der Waals surface area contributed by atoms with Gasteiger partial charge in [0.25, 0.3) is 0 Å². The molecule has 2 heterocycles. The Balaban J connectivity index is 2.12. The van der Waals surface area contributed by atoms with Crippen molar-refractivity contribution in [1.82, 2.24) is 14.8 Å². The van der Waals surface area contributed by atoms with E-state index < -0.39 is 0 Å². The highest BCUT2D eigenvalue weighted by Gasteiger charge is 2.20. The molecule has 0 spiro atoms. The molecule has 0 aliphatic carbocycles. The minimum atomic E-state index is -0.0294. The van der Waals surface area contributed by atoms with Crippen molar-refractivity contribution in [3.05, 3.63) is 35.9 Å². The summed E-state index contributed by atoms with van der Waals surface area (Å²) in [6.45, 7) is 4.23. The number of aromatic nitrogens is 3. The minimum Gasteiger partial charge on any atom is -0.311 e. The fourth-order valence-electron chi connectivity index (χ4n) is 2.29. The third kappa shape index (κ3) is 4.72. The van der Waals surface area contributed by atoms with Gasteiger partial charge in [0.15, 0.2) is 5.15 Å². The van der Waals surface area contributed by atoms with Crippen LogP contribution in [-0.4, -0.2) is 33.0 Å². The van der Waals surface area contributed by atoms with Gasteiger partial charge in [0, 0.05) is 24.9 Å². The highest BCUT2D eigenvalue weighted by Crippen LogP contribution is 2.26. The third-order valence-electron chi connectivity index (χ3n) is 3.45. The quantitative estimate of drug-likeness (QED) is 0.808. The van der Waals surface area contributed by atoms with Crippen molar-refractivity contribution in [3.63, 3.8) is 0 Å². The molecule has 0 bridgehead atoms. The molecule has 1 unspecified atom stereocenters. The fourth-order valence-corrected chi connectivity index (χ4v) is 3.13. The van der Waals surface area contributed by atoms with E-state index in [1.54, 1.807) is 30.3 Å². The van der Waals surface area contributed by atoms with E-state index in [1.165, 1.54) is 4.90 Å². The molecule has 0 aliphatic rings. The van der Waals surface area contributed by atoms with Gasteiger partial charge >= 0.3 is 0 Å². The van der Waals surface area contributed by atoms with Crippen molar-refractivity contribution in [2.24, 2.45) is 5.92 Å². The number of anilines is 1. The highest BCUT2D eigenvalue weighted by atomic mass is 35.5. The van der Waals surface area contributed by atoms with Crippen molar-refractivity contribution in [1.29, 1.82) is 0 Å². The number of halogens is 1. The summed E-state index contributed by atoms with van der Waals surface area (Å²) >= 11 is 10.7. The average molecular weight is 353 g/mol. The molecule has 0 radical (unpaired) electrons. The summed E-state index contributed by atoms with van der Waals surface area (Å²) < 4.78 is 1.61. The topological polar surface area (TPSA) is 51.0 Å². The maximum Gasteiger partial charge on any atom is 0.227 e. The van der Waals surface area contributed by atoms with Crippen LogP contribution in [0.4, 0.5) is 5.69 Å². The van der Waals surface area contributed by atoms with E-state index in [0.717, 1.165) is 12.1 Å². The lowest BCUT2D eigenvalue weighted by Crippen LogP contribution is -2.28. The molecule has 0 saturated carbocycles. The summed E-state index contributed by atoms with van der Waals surface area (Å²) in [5, 5.41) is 4.56. The molecule has 0 fully saturated rings.